The van der Waals surface area contributed by atoms with Gasteiger partial charge in [-0.15, -0.1) is 0 Å². The predicted molar refractivity (Wildman–Crippen MR) is 86.2 cm³/mol. The minimum Gasteiger partial charge on any atom is -0.497 e. The lowest BCUT2D eigenvalue weighted by atomic mass is 10.2. The molecule has 0 aliphatic carbocycles. The average Bonchev–Trinajstić information content (AvgIpc) is 2.96. The topological polar surface area (TPSA) is 92.0 Å². The Hall–Kier alpha value is -3.01. The van der Waals surface area contributed by atoms with Crippen LogP contribution in [0.2, 0.25) is 0 Å². The van der Waals surface area contributed by atoms with Crippen LogP contribution in [0.5, 0.6) is 5.75 Å². The van der Waals surface area contributed by atoms with Crippen molar-refractivity contribution in [1.29, 1.82) is 5.26 Å². The molecule has 23 heavy (non-hydrogen) atoms. The van der Waals surface area contributed by atoms with Crippen molar-refractivity contribution in [3.63, 3.8) is 0 Å². The first-order valence-corrected chi connectivity index (χ1v) is 7.20. The SMILES string of the molecule is COc1cccc(CNC(=O)Nc2nn(C(C)C)cc2C#N)c1. The summed E-state index contributed by atoms with van der Waals surface area (Å²) in [7, 11) is 1.59. The molecule has 1 aromatic carbocycles. The Bertz CT molecular complexity index is 730. The Kier molecular flexibility index (Phi) is 5.20. The molecule has 0 bridgehead atoms. The van der Waals surface area contributed by atoms with Gasteiger partial charge in [0, 0.05) is 18.8 Å². The van der Waals surface area contributed by atoms with Gasteiger partial charge in [-0.25, -0.2) is 4.79 Å². The first-order chi connectivity index (χ1) is 11.0. The van der Waals surface area contributed by atoms with Crippen LogP contribution in [0.25, 0.3) is 0 Å². The number of ether oxygens (including phenoxy) is 1. The van der Waals surface area contributed by atoms with Crippen molar-refractivity contribution < 1.29 is 9.53 Å². The van der Waals surface area contributed by atoms with Crippen molar-refractivity contribution in [3.8, 4) is 11.8 Å². The smallest absolute Gasteiger partial charge is 0.320 e. The average molecular weight is 313 g/mol. The summed E-state index contributed by atoms with van der Waals surface area (Å²) in [5.41, 5.74) is 1.24. The van der Waals surface area contributed by atoms with E-state index in [2.05, 4.69) is 15.7 Å². The number of rotatable bonds is 5. The van der Waals surface area contributed by atoms with E-state index in [0.29, 0.717) is 12.1 Å². The number of amides is 2. The Morgan fingerprint density at radius 1 is 1.48 bits per heavy atom. The molecule has 120 valence electrons. The third-order valence-corrected chi connectivity index (χ3v) is 3.20. The van der Waals surface area contributed by atoms with E-state index in [1.165, 1.54) is 0 Å². The van der Waals surface area contributed by atoms with Gasteiger partial charge in [0.15, 0.2) is 5.82 Å². The van der Waals surface area contributed by atoms with E-state index >= 15 is 0 Å². The molecule has 2 amide bonds. The van der Waals surface area contributed by atoms with E-state index in [1.54, 1.807) is 18.0 Å². The van der Waals surface area contributed by atoms with Crippen molar-refractivity contribution in [2.45, 2.75) is 26.4 Å². The van der Waals surface area contributed by atoms with Gasteiger partial charge in [-0.05, 0) is 31.5 Å². The Labute approximate surface area is 134 Å². The monoisotopic (exact) mass is 313 g/mol. The zero-order chi connectivity index (χ0) is 16.8. The number of hydrogen-bond donors (Lipinski definition) is 2. The van der Waals surface area contributed by atoms with Crippen LogP contribution in [0.15, 0.2) is 30.5 Å². The molecule has 0 fully saturated rings. The maximum atomic E-state index is 12.0. The molecule has 0 saturated heterocycles. The number of nitrogens with zero attached hydrogens (tertiary/aromatic N) is 3. The fourth-order valence-corrected chi connectivity index (χ4v) is 1.95. The maximum Gasteiger partial charge on any atom is 0.320 e. The van der Waals surface area contributed by atoms with Gasteiger partial charge in [0.1, 0.15) is 17.4 Å². The summed E-state index contributed by atoms with van der Waals surface area (Å²) in [5, 5.41) is 18.6. The molecule has 2 rings (SSSR count). The lowest BCUT2D eigenvalue weighted by Crippen LogP contribution is -2.28. The second-order valence-electron chi connectivity index (χ2n) is 5.24. The van der Waals surface area contributed by atoms with Gasteiger partial charge in [-0.1, -0.05) is 12.1 Å². The molecule has 0 aliphatic rings. The largest absolute Gasteiger partial charge is 0.497 e. The van der Waals surface area contributed by atoms with Crippen LogP contribution < -0.4 is 15.4 Å². The highest BCUT2D eigenvalue weighted by Gasteiger charge is 2.13. The highest BCUT2D eigenvalue weighted by atomic mass is 16.5. The highest BCUT2D eigenvalue weighted by molar-refractivity contribution is 5.89. The normalized spacial score (nSPS) is 10.2. The summed E-state index contributed by atoms with van der Waals surface area (Å²) in [6.07, 6.45) is 1.61. The first kappa shape index (κ1) is 16.4. The van der Waals surface area contributed by atoms with E-state index in [4.69, 9.17) is 10.00 Å². The van der Waals surface area contributed by atoms with Crippen LogP contribution in [0.4, 0.5) is 10.6 Å². The number of methoxy groups -OCH3 is 1. The van der Waals surface area contributed by atoms with Crippen LogP contribution in [0.3, 0.4) is 0 Å². The summed E-state index contributed by atoms with van der Waals surface area (Å²) in [6.45, 7) is 4.23. The molecule has 2 aromatic rings. The summed E-state index contributed by atoms with van der Waals surface area (Å²) >= 11 is 0. The Balaban J connectivity index is 1.98. The number of nitriles is 1. The number of urea groups is 1. The van der Waals surface area contributed by atoms with E-state index in [1.807, 2.05) is 44.2 Å². The summed E-state index contributed by atoms with van der Waals surface area (Å²) in [4.78, 5) is 12.0. The van der Waals surface area contributed by atoms with Crippen LogP contribution in [-0.4, -0.2) is 22.9 Å². The zero-order valence-electron chi connectivity index (χ0n) is 13.3. The van der Waals surface area contributed by atoms with Gasteiger partial charge in [0.2, 0.25) is 0 Å². The standard InChI is InChI=1S/C16H19N5O2/c1-11(2)21-10-13(8-17)15(20-21)19-16(22)18-9-12-5-4-6-14(7-12)23-3/h4-7,10-11H,9H2,1-3H3,(H2,18,19,20,22). The summed E-state index contributed by atoms with van der Waals surface area (Å²) in [5.74, 6) is 0.983. The van der Waals surface area contributed by atoms with Crippen LogP contribution >= 0.6 is 0 Å². The maximum absolute atomic E-state index is 12.0. The molecule has 1 heterocycles. The van der Waals surface area contributed by atoms with Crippen molar-refractivity contribution in [2.24, 2.45) is 0 Å². The minimum absolute atomic E-state index is 0.109. The fourth-order valence-electron chi connectivity index (χ4n) is 1.95. The number of aromatic nitrogens is 2. The minimum atomic E-state index is -0.418. The molecule has 0 radical (unpaired) electrons. The zero-order valence-corrected chi connectivity index (χ0v) is 13.3. The van der Waals surface area contributed by atoms with Crippen LogP contribution in [-0.2, 0) is 6.54 Å². The molecule has 1 aromatic heterocycles. The van der Waals surface area contributed by atoms with Gasteiger partial charge in [0.05, 0.1) is 7.11 Å². The number of carbonyl (C=O) groups is 1. The second kappa shape index (κ2) is 7.31. The number of anilines is 1. The molecule has 0 unspecified atom stereocenters. The highest BCUT2D eigenvalue weighted by Crippen LogP contribution is 2.15. The van der Waals surface area contributed by atoms with Gasteiger partial charge < -0.3 is 10.1 Å². The van der Waals surface area contributed by atoms with E-state index in [9.17, 15) is 4.79 Å². The first-order valence-electron chi connectivity index (χ1n) is 7.20. The van der Waals surface area contributed by atoms with Gasteiger partial charge in [0.25, 0.3) is 0 Å². The van der Waals surface area contributed by atoms with Crippen molar-refractivity contribution >= 4 is 11.8 Å². The van der Waals surface area contributed by atoms with Gasteiger partial charge >= 0.3 is 6.03 Å². The van der Waals surface area contributed by atoms with E-state index < -0.39 is 6.03 Å². The lowest BCUT2D eigenvalue weighted by Gasteiger charge is -2.08. The molecule has 7 heteroatoms. The fraction of sp³-hybridized carbons (Fsp3) is 0.312. The van der Waals surface area contributed by atoms with Crippen LogP contribution in [0.1, 0.15) is 31.0 Å². The van der Waals surface area contributed by atoms with Crippen molar-refractivity contribution in [2.75, 3.05) is 12.4 Å². The number of hydrogen-bond acceptors (Lipinski definition) is 4. The van der Waals surface area contributed by atoms with Crippen LogP contribution in [0, 0.1) is 11.3 Å². The van der Waals surface area contributed by atoms with Gasteiger partial charge in [-0.3, -0.25) is 10.00 Å². The van der Waals surface area contributed by atoms with E-state index in [-0.39, 0.29) is 11.9 Å². The molecular formula is C16H19N5O2. The van der Waals surface area contributed by atoms with Crippen molar-refractivity contribution in [1.82, 2.24) is 15.1 Å². The Morgan fingerprint density at radius 2 is 2.26 bits per heavy atom. The summed E-state index contributed by atoms with van der Waals surface area (Å²) in [6, 6.07) is 9.13. The molecule has 0 spiro atoms. The van der Waals surface area contributed by atoms with E-state index in [0.717, 1.165) is 11.3 Å². The number of nitrogens with one attached hydrogen (secondary N) is 2. The van der Waals surface area contributed by atoms with Gasteiger partial charge in [-0.2, -0.15) is 10.4 Å². The number of carbonyl (C=O) groups excluding carboxylic acids is 1. The van der Waals surface area contributed by atoms with Crippen molar-refractivity contribution in [3.05, 3.63) is 41.6 Å². The predicted octanol–water partition coefficient (Wildman–Crippen LogP) is 2.67. The molecule has 0 aliphatic heterocycles. The summed E-state index contributed by atoms with van der Waals surface area (Å²) < 4.78 is 6.77. The molecule has 2 N–H and O–H groups in total. The molecule has 0 atom stereocenters. The quantitative estimate of drug-likeness (QED) is 0.887. The third kappa shape index (κ3) is 4.23. The third-order valence-electron chi connectivity index (χ3n) is 3.20. The molecular weight excluding hydrogens is 294 g/mol. The molecule has 7 nitrogen and oxygen atoms in total. The second-order valence-corrected chi connectivity index (χ2v) is 5.24. The lowest BCUT2D eigenvalue weighted by molar-refractivity contribution is 0.251. The molecule has 0 saturated carbocycles. The number of benzene rings is 1. The Morgan fingerprint density at radius 3 is 2.91 bits per heavy atom.